The second-order valence-corrected chi connectivity index (χ2v) is 7.59. The van der Waals surface area contributed by atoms with E-state index in [4.69, 9.17) is 0 Å². The van der Waals surface area contributed by atoms with Crippen molar-refractivity contribution in [3.05, 3.63) is 35.4 Å². The van der Waals surface area contributed by atoms with Crippen LogP contribution >= 0.6 is 0 Å². The highest BCUT2D eigenvalue weighted by Gasteiger charge is 2.24. The highest BCUT2D eigenvalue weighted by molar-refractivity contribution is 5.74. The van der Waals surface area contributed by atoms with Crippen molar-refractivity contribution in [2.75, 3.05) is 19.6 Å². The molecule has 1 saturated carbocycles. The van der Waals surface area contributed by atoms with Gasteiger partial charge in [0.05, 0.1) is 6.54 Å². The van der Waals surface area contributed by atoms with E-state index < -0.39 is 11.6 Å². The topological polar surface area (TPSA) is 44.4 Å². The van der Waals surface area contributed by atoms with Crippen molar-refractivity contribution >= 4 is 6.03 Å². The van der Waals surface area contributed by atoms with Gasteiger partial charge < -0.3 is 27.9 Å². The summed E-state index contributed by atoms with van der Waals surface area (Å²) >= 11 is 0. The van der Waals surface area contributed by atoms with E-state index in [1.807, 2.05) is 0 Å². The fourth-order valence-corrected chi connectivity index (χ4v) is 3.96. The first-order valence-corrected chi connectivity index (χ1v) is 9.82. The third-order valence-electron chi connectivity index (χ3n) is 5.53. The number of piperidine rings is 1. The van der Waals surface area contributed by atoms with Crippen molar-refractivity contribution in [2.45, 2.75) is 57.5 Å². The molecule has 1 saturated heterocycles. The molecular formula is C20H29ClF2N3O-. The Kier molecular flexibility index (Phi) is 8.77. The molecule has 0 radical (unpaired) electrons. The maximum Gasteiger partial charge on any atom is 0.317 e. The highest BCUT2D eigenvalue weighted by atomic mass is 35.5. The number of benzene rings is 1. The number of rotatable bonds is 5. The normalized spacial score (nSPS) is 18.6. The molecule has 0 spiro atoms. The summed E-state index contributed by atoms with van der Waals surface area (Å²) in [4.78, 5) is 14.6. The quantitative estimate of drug-likeness (QED) is 0.768. The van der Waals surface area contributed by atoms with Gasteiger partial charge in [0.1, 0.15) is 11.6 Å². The fourth-order valence-electron chi connectivity index (χ4n) is 3.96. The van der Waals surface area contributed by atoms with Crippen LogP contribution < -0.4 is 23.0 Å². The highest BCUT2D eigenvalue weighted by Crippen LogP contribution is 2.20. The van der Waals surface area contributed by atoms with Crippen molar-refractivity contribution in [3.8, 4) is 0 Å². The van der Waals surface area contributed by atoms with E-state index in [1.54, 1.807) is 4.90 Å². The van der Waals surface area contributed by atoms with Crippen LogP contribution in [0.2, 0.25) is 0 Å². The van der Waals surface area contributed by atoms with E-state index in [9.17, 15) is 13.6 Å². The molecule has 0 aromatic heterocycles. The Hall–Kier alpha value is -1.40. The lowest BCUT2D eigenvalue weighted by Gasteiger charge is -2.32. The third kappa shape index (κ3) is 6.61. The molecule has 4 nitrogen and oxygen atoms in total. The van der Waals surface area contributed by atoms with E-state index in [-0.39, 0.29) is 31.0 Å². The SMILES string of the molecule is O=C(NC1CCCCC1)N(Cc1ccc(F)cc1F)CC1CCNCC1.[Cl-]. The summed E-state index contributed by atoms with van der Waals surface area (Å²) in [5.74, 6) is -0.773. The monoisotopic (exact) mass is 400 g/mol. The molecule has 1 aromatic carbocycles. The Morgan fingerprint density at radius 3 is 2.48 bits per heavy atom. The van der Waals surface area contributed by atoms with Gasteiger partial charge in [-0.1, -0.05) is 25.3 Å². The minimum atomic E-state index is -0.595. The van der Waals surface area contributed by atoms with Gasteiger partial charge in [-0.15, -0.1) is 0 Å². The van der Waals surface area contributed by atoms with E-state index >= 15 is 0 Å². The van der Waals surface area contributed by atoms with Gasteiger partial charge in [0, 0.05) is 24.2 Å². The average molecular weight is 401 g/mol. The van der Waals surface area contributed by atoms with Gasteiger partial charge in [0.2, 0.25) is 0 Å². The lowest BCUT2D eigenvalue weighted by Crippen LogP contribution is -3.00. The Bertz CT molecular complexity index is 605. The van der Waals surface area contributed by atoms with Gasteiger partial charge in [-0.05, 0) is 50.8 Å². The van der Waals surface area contributed by atoms with E-state index in [1.165, 1.54) is 18.6 Å². The molecule has 0 bridgehead atoms. The zero-order valence-corrected chi connectivity index (χ0v) is 16.4. The molecular weight excluding hydrogens is 372 g/mol. The molecule has 152 valence electrons. The summed E-state index contributed by atoms with van der Waals surface area (Å²) < 4.78 is 27.3. The predicted molar refractivity (Wildman–Crippen MR) is 97.8 cm³/mol. The fraction of sp³-hybridized carbons (Fsp3) is 0.650. The van der Waals surface area contributed by atoms with Crippen molar-refractivity contribution in [3.63, 3.8) is 0 Å². The maximum atomic E-state index is 14.1. The number of carbonyl (C=O) groups is 1. The lowest BCUT2D eigenvalue weighted by atomic mass is 9.95. The lowest BCUT2D eigenvalue weighted by molar-refractivity contribution is -0.0000105. The van der Waals surface area contributed by atoms with Crippen LogP contribution in [0, 0.1) is 17.6 Å². The number of nitrogens with one attached hydrogen (secondary N) is 2. The second kappa shape index (κ2) is 10.8. The summed E-state index contributed by atoms with van der Waals surface area (Å²) in [5, 5.41) is 6.46. The van der Waals surface area contributed by atoms with Crippen molar-refractivity contribution in [1.29, 1.82) is 0 Å². The molecule has 3 rings (SSSR count). The number of hydrogen-bond acceptors (Lipinski definition) is 2. The van der Waals surface area contributed by atoms with Crippen LogP contribution in [0.1, 0.15) is 50.5 Å². The number of urea groups is 1. The van der Waals surface area contributed by atoms with Gasteiger partial charge in [-0.3, -0.25) is 0 Å². The van der Waals surface area contributed by atoms with Crippen LogP contribution in [0.4, 0.5) is 13.6 Å². The Balaban J connectivity index is 0.00000261. The average Bonchev–Trinajstić information content (AvgIpc) is 2.65. The standard InChI is InChI=1S/C20H29F2N3O.ClH/c21-17-7-6-16(19(22)12-17)14-25(13-15-8-10-23-11-9-15)20(26)24-18-4-2-1-3-5-18;/h6-7,12,15,18,23H,1-5,8-11,13-14H2,(H,24,26);1H/p-1. The first-order valence-electron chi connectivity index (χ1n) is 9.82. The number of hydrogen-bond donors (Lipinski definition) is 2. The van der Waals surface area contributed by atoms with Crippen LogP contribution in [0.5, 0.6) is 0 Å². The van der Waals surface area contributed by atoms with Crippen LogP contribution in [-0.2, 0) is 6.54 Å². The van der Waals surface area contributed by atoms with E-state index in [0.29, 0.717) is 18.0 Å². The number of amides is 2. The molecule has 1 heterocycles. The smallest absolute Gasteiger partial charge is 0.317 e. The first kappa shape index (κ1) is 21.9. The maximum absolute atomic E-state index is 14.1. The summed E-state index contributed by atoms with van der Waals surface area (Å²) in [6.07, 6.45) is 7.57. The molecule has 2 N–H and O–H groups in total. The number of carbonyl (C=O) groups excluding carboxylic acids is 1. The zero-order chi connectivity index (χ0) is 18.4. The minimum absolute atomic E-state index is 0. The molecule has 1 aliphatic carbocycles. The first-order chi connectivity index (χ1) is 12.6. The minimum Gasteiger partial charge on any atom is -1.00 e. The number of halogens is 3. The Morgan fingerprint density at radius 1 is 1.11 bits per heavy atom. The molecule has 2 amide bonds. The zero-order valence-electron chi connectivity index (χ0n) is 15.7. The van der Waals surface area contributed by atoms with Gasteiger partial charge in [0.15, 0.2) is 0 Å². The van der Waals surface area contributed by atoms with Crippen molar-refractivity contribution < 1.29 is 26.0 Å². The van der Waals surface area contributed by atoms with Crippen molar-refractivity contribution in [1.82, 2.24) is 15.5 Å². The Labute approximate surface area is 166 Å². The predicted octanol–water partition coefficient (Wildman–Crippen LogP) is 0.813. The van der Waals surface area contributed by atoms with Crippen LogP contribution in [0.3, 0.4) is 0 Å². The summed E-state index contributed by atoms with van der Waals surface area (Å²) in [6, 6.07) is 3.66. The van der Waals surface area contributed by atoms with E-state index in [2.05, 4.69) is 10.6 Å². The molecule has 0 atom stereocenters. The molecule has 1 aromatic rings. The summed E-state index contributed by atoms with van der Waals surface area (Å²) in [6.45, 7) is 2.69. The third-order valence-corrected chi connectivity index (χ3v) is 5.53. The van der Waals surface area contributed by atoms with Crippen LogP contribution in [0.25, 0.3) is 0 Å². The molecule has 1 aliphatic heterocycles. The van der Waals surface area contributed by atoms with Gasteiger partial charge >= 0.3 is 6.03 Å². The summed E-state index contributed by atoms with van der Waals surface area (Å²) in [7, 11) is 0. The second-order valence-electron chi connectivity index (χ2n) is 7.59. The molecule has 2 fully saturated rings. The van der Waals surface area contributed by atoms with E-state index in [0.717, 1.165) is 57.7 Å². The Morgan fingerprint density at radius 2 is 1.81 bits per heavy atom. The van der Waals surface area contributed by atoms with Crippen molar-refractivity contribution in [2.24, 2.45) is 5.92 Å². The molecule has 7 heteroatoms. The van der Waals surface area contributed by atoms with Gasteiger partial charge in [-0.2, -0.15) is 0 Å². The molecule has 27 heavy (non-hydrogen) atoms. The van der Waals surface area contributed by atoms with Gasteiger partial charge in [0.25, 0.3) is 0 Å². The largest absolute Gasteiger partial charge is 1.00 e. The van der Waals surface area contributed by atoms with Crippen LogP contribution in [-0.4, -0.2) is 36.6 Å². The summed E-state index contributed by atoms with van der Waals surface area (Å²) in [5.41, 5.74) is 0.360. The molecule has 0 unspecified atom stereocenters. The van der Waals surface area contributed by atoms with Crippen LogP contribution in [0.15, 0.2) is 18.2 Å². The van der Waals surface area contributed by atoms with Gasteiger partial charge in [-0.25, -0.2) is 13.6 Å². The number of nitrogens with zero attached hydrogens (tertiary/aromatic N) is 1. The molecule has 2 aliphatic rings.